The molecule has 5 heteroatoms. The lowest BCUT2D eigenvalue weighted by Crippen LogP contribution is -2.04. The minimum absolute atomic E-state index is 0.0892. The Morgan fingerprint density at radius 3 is 2.83 bits per heavy atom. The van der Waals surface area contributed by atoms with E-state index in [9.17, 15) is 4.79 Å². The van der Waals surface area contributed by atoms with Gasteiger partial charge < -0.3 is 14.9 Å². The van der Waals surface area contributed by atoms with Gasteiger partial charge in [-0.15, -0.1) is 0 Å². The highest BCUT2D eigenvalue weighted by molar-refractivity contribution is 5.88. The molecule has 5 nitrogen and oxygen atoms in total. The highest BCUT2D eigenvalue weighted by Gasteiger charge is 2.14. The fourth-order valence-corrected chi connectivity index (χ4v) is 1.60. The molecule has 2 N–H and O–H groups in total. The van der Waals surface area contributed by atoms with Crippen LogP contribution >= 0.6 is 0 Å². The maximum atomic E-state index is 10.9. The Morgan fingerprint density at radius 2 is 2.17 bits per heavy atom. The number of carboxylic acids is 1. The van der Waals surface area contributed by atoms with Crippen LogP contribution in [0.15, 0.2) is 28.9 Å². The van der Waals surface area contributed by atoms with Gasteiger partial charge in [-0.2, -0.15) is 0 Å². The van der Waals surface area contributed by atoms with Crippen molar-refractivity contribution in [3.63, 3.8) is 0 Å². The molecule has 1 aromatic carbocycles. The van der Waals surface area contributed by atoms with Gasteiger partial charge in [0.25, 0.3) is 0 Å². The van der Waals surface area contributed by atoms with Crippen molar-refractivity contribution in [3.8, 4) is 0 Å². The third-order valence-corrected chi connectivity index (χ3v) is 2.84. The molecule has 0 fully saturated rings. The Kier molecular flexibility index (Phi) is 3.32. The van der Waals surface area contributed by atoms with Crippen LogP contribution in [0.5, 0.6) is 0 Å². The van der Waals surface area contributed by atoms with Crippen LogP contribution in [0.4, 0.5) is 5.69 Å². The summed E-state index contributed by atoms with van der Waals surface area (Å²) in [6.45, 7) is 4.36. The smallest absolute Gasteiger partial charge is 0.341 e. The first-order valence-electron chi connectivity index (χ1n) is 5.56. The summed E-state index contributed by atoms with van der Waals surface area (Å²) in [5.41, 5.74) is 3.40. The minimum Gasteiger partial charge on any atom is -0.478 e. The number of nitrogens with zero attached hydrogens (tertiary/aromatic N) is 1. The molecule has 0 bridgehead atoms. The lowest BCUT2D eigenvalue weighted by molar-refractivity contribution is 0.0694. The van der Waals surface area contributed by atoms with E-state index in [0.717, 1.165) is 5.69 Å². The second kappa shape index (κ2) is 4.91. The highest BCUT2D eigenvalue weighted by atomic mass is 16.5. The summed E-state index contributed by atoms with van der Waals surface area (Å²) in [6.07, 6.45) is 1.21. The van der Waals surface area contributed by atoms with Gasteiger partial charge in [-0.3, -0.25) is 0 Å². The molecule has 94 valence electrons. The normalized spacial score (nSPS) is 10.3. The summed E-state index contributed by atoms with van der Waals surface area (Å²) < 4.78 is 4.91. The number of hydrogen-bond donors (Lipinski definition) is 2. The molecule has 0 aliphatic rings. The fraction of sp³-hybridized carbons (Fsp3) is 0.231. The average Bonchev–Trinajstić information content (AvgIpc) is 2.79. The van der Waals surface area contributed by atoms with Crippen molar-refractivity contribution >= 4 is 11.7 Å². The van der Waals surface area contributed by atoms with Gasteiger partial charge in [0, 0.05) is 5.69 Å². The monoisotopic (exact) mass is 246 g/mol. The molecule has 0 amide bonds. The zero-order valence-corrected chi connectivity index (χ0v) is 10.2. The Labute approximate surface area is 104 Å². The van der Waals surface area contributed by atoms with Crippen LogP contribution in [0.3, 0.4) is 0 Å². The Balaban J connectivity index is 2.09. The molecule has 0 unspecified atom stereocenters. The number of aryl methyl sites for hydroxylation is 2. The van der Waals surface area contributed by atoms with Crippen molar-refractivity contribution < 1.29 is 14.4 Å². The van der Waals surface area contributed by atoms with Crippen molar-refractivity contribution in [3.05, 3.63) is 46.8 Å². The van der Waals surface area contributed by atoms with Crippen LogP contribution in [0.1, 0.15) is 27.2 Å². The molecular weight excluding hydrogens is 232 g/mol. The summed E-state index contributed by atoms with van der Waals surface area (Å²) in [7, 11) is 0. The van der Waals surface area contributed by atoms with E-state index in [-0.39, 0.29) is 5.56 Å². The van der Waals surface area contributed by atoms with Gasteiger partial charge in [-0.25, -0.2) is 4.79 Å². The van der Waals surface area contributed by atoms with E-state index in [2.05, 4.69) is 10.5 Å². The van der Waals surface area contributed by atoms with E-state index in [4.69, 9.17) is 9.63 Å². The van der Waals surface area contributed by atoms with Gasteiger partial charge in [0.15, 0.2) is 5.76 Å². The number of anilines is 1. The van der Waals surface area contributed by atoms with Crippen molar-refractivity contribution in [1.82, 2.24) is 5.16 Å². The van der Waals surface area contributed by atoms with E-state index in [0.29, 0.717) is 12.3 Å². The van der Waals surface area contributed by atoms with Gasteiger partial charge in [0.05, 0.1) is 12.7 Å². The van der Waals surface area contributed by atoms with Gasteiger partial charge in [-0.1, -0.05) is 11.2 Å². The van der Waals surface area contributed by atoms with Gasteiger partial charge in [0.1, 0.15) is 5.56 Å². The summed E-state index contributed by atoms with van der Waals surface area (Å²) in [4.78, 5) is 10.9. The van der Waals surface area contributed by atoms with Crippen molar-refractivity contribution in [1.29, 1.82) is 0 Å². The van der Waals surface area contributed by atoms with Crippen LogP contribution in [-0.2, 0) is 6.54 Å². The third-order valence-electron chi connectivity index (χ3n) is 2.84. The second-order valence-electron chi connectivity index (χ2n) is 4.12. The number of benzene rings is 1. The molecule has 0 saturated heterocycles. The SMILES string of the molecule is Cc1ccc(NCc2oncc2C(=O)O)cc1C. The molecule has 0 spiro atoms. The lowest BCUT2D eigenvalue weighted by atomic mass is 10.1. The molecule has 0 radical (unpaired) electrons. The largest absolute Gasteiger partial charge is 0.478 e. The molecular formula is C13H14N2O3. The van der Waals surface area contributed by atoms with E-state index < -0.39 is 5.97 Å². The van der Waals surface area contributed by atoms with E-state index in [1.807, 2.05) is 32.0 Å². The molecule has 2 rings (SSSR count). The van der Waals surface area contributed by atoms with E-state index in [1.165, 1.54) is 17.3 Å². The number of aromatic carboxylic acids is 1. The van der Waals surface area contributed by atoms with Gasteiger partial charge in [0.2, 0.25) is 0 Å². The number of hydrogen-bond acceptors (Lipinski definition) is 4. The third kappa shape index (κ3) is 2.51. The van der Waals surface area contributed by atoms with Crippen LogP contribution in [0.2, 0.25) is 0 Å². The Hall–Kier alpha value is -2.30. The molecule has 0 aliphatic carbocycles. The van der Waals surface area contributed by atoms with Gasteiger partial charge >= 0.3 is 5.97 Å². The summed E-state index contributed by atoms with van der Waals surface area (Å²) in [6, 6.07) is 5.96. The van der Waals surface area contributed by atoms with Crippen LogP contribution in [-0.4, -0.2) is 16.2 Å². The fourth-order valence-electron chi connectivity index (χ4n) is 1.60. The zero-order valence-electron chi connectivity index (χ0n) is 10.2. The maximum Gasteiger partial charge on any atom is 0.341 e. The maximum absolute atomic E-state index is 10.9. The second-order valence-corrected chi connectivity index (χ2v) is 4.12. The number of nitrogens with one attached hydrogen (secondary N) is 1. The summed E-state index contributed by atoms with van der Waals surface area (Å²) in [5, 5.41) is 15.5. The number of rotatable bonds is 4. The molecule has 2 aromatic rings. The Morgan fingerprint density at radius 1 is 1.39 bits per heavy atom. The first-order valence-corrected chi connectivity index (χ1v) is 5.56. The van der Waals surface area contributed by atoms with Crippen LogP contribution in [0, 0.1) is 13.8 Å². The van der Waals surface area contributed by atoms with Crippen LogP contribution < -0.4 is 5.32 Å². The minimum atomic E-state index is -1.03. The van der Waals surface area contributed by atoms with Crippen molar-refractivity contribution in [2.75, 3.05) is 5.32 Å². The topological polar surface area (TPSA) is 75.4 Å². The predicted octanol–water partition coefficient (Wildman–Crippen LogP) is 2.60. The Bertz CT molecular complexity index is 575. The molecule has 0 saturated carbocycles. The van der Waals surface area contributed by atoms with Gasteiger partial charge in [-0.05, 0) is 37.1 Å². The van der Waals surface area contributed by atoms with Crippen LogP contribution in [0.25, 0.3) is 0 Å². The van der Waals surface area contributed by atoms with E-state index in [1.54, 1.807) is 0 Å². The predicted molar refractivity (Wildman–Crippen MR) is 66.7 cm³/mol. The lowest BCUT2D eigenvalue weighted by Gasteiger charge is -2.07. The molecule has 1 aromatic heterocycles. The molecule has 18 heavy (non-hydrogen) atoms. The number of carboxylic acid groups (broad SMARTS) is 1. The summed E-state index contributed by atoms with van der Waals surface area (Å²) >= 11 is 0. The standard InChI is InChI=1S/C13H14N2O3/c1-8-3-4-10(5-9(8)2)14-7-12-11(13(16)17)6-15-18-12/h3-6,14H,7H2,1-2H3,(H,16,17). The number of carbonyl (C=O) groups is 1. The average molecular weight is 246 g/mol. The summed E-state index contributed by atoms with van der Waals surface area (Å²) in [5.74, 6) is -0.714. The zero-order chi connectivity index (χ0) is 13.1. The first-order chi connectivity index (χ1) is 8.58. The molecule has 0 aliphatic heterocycles. The highest BCUT2D eigenvalue weighted by Crippen LogP contribution is 2.16. The quantitative estimate of drug-likeness (QED) is 0.867. The van der Waals surface area contributed by atoms with Crippen molar-refractivity contribution in [2.45, 2.75) is 20.4 Å². The molecule has 1 heterocycles. The molecule has 0 atom stereocenters. The van der Waals surface area contributed by atoms with E-state index >= 15 is 0 Å². The van der Waals surface area contributed by atoms with Crippen molar-refractivity contribution in [2.24, 2.45) is 0 Å². The number of aromatic nitrogens is 1. The first kappa shape index (κ1) is 12.2.